The van der Waals surface area contributed by atoms with Crippen LogP contribution in [0.25, 0.3) is 89.2 Å². The summed E-state index contributed by atoms with van der Waals surface area (Å²) in [4.78, 5) is 50.1. The summed E-state index contributed by atoms with van der Waals surface area (Å²) in [6.07, 6.45) is 3.60. The Bertz CT molecular complexity index is 5390. The molecule has 8 aromatic carbocycles. The lowest BCUT2D eigenvalue weighted by Gasteiger charge is -2.09. The summed E-state index contributed by atoms with van der Waals surface area (Å²) in [5, 5.41) is 38.8. The highest BCUT2D eigenvalue weighted by atomic mass is 16.5. The number of nitrogens with zero attached hydrogens (tertiary/aromatic N) is 6. The van der Waals surface area contributed by atoms with Gasteiger partial charge in [0.1, 0.15) is 112 Å². The third-order valence-electron chi connectivity index (χ3n) is 15.6. The number of aryl methyl sites for hydroxylation is 2. The minimum atomic E-state index is -0.474. The van der Waals surface area contributed by atoms with Gasteiger partial charge in [0.15, 0.2) is 22.0 Å². The maximum absolute atomic E-state index is 12.6. The molecule has 0 aliphatic heterocycles. The number of benzene rings is 8. The van der Waals surface area contributed by atoms with Gasteiger partial charge < -0.3 is 56.3 Å². The lowest BCUT2D eigenvalue weighted by atomic mass is 10.1. The van der Waals surface area contributed by atoms with Gasteiger partial charge in [0.25, 0.3) is 0 Å². The van der Waals surface area contributed by atoms with Gasteiger partial charge in [-0.2, -0.15) is 0 Å². The van der Waals surface area contributed by atoms with E-state index in [0.717, 1.165) is 22.3 Å². The molecule has 6 aromatic heterocycles. The Balaban J connectivity index is 0.000000176. The Labute approximate surface area is 557 Å². The van der Waals surface area contributed by atoms with Crippen LogP contribution in [0.3, 0.4) is 0 Å². The fraction of sp³-hybridized carbons (Fsp3) is 0.158. The molecule has 0 aliphatic carbocycles. The fourth-order valence-corrected chi connectivity index (χ4v) is 10.7. The van der Waals surface area contributed by atoms with E-state index in [1.165, 1.54) is 24.3 Å². The van der Waals surface area contributed by atoms with Gasteiger partial charge >= 0.3 is 0 Å². The van der Waals surface area contributed by atoms with Crippen molar-refractivity contribution >= 4 is 43.9 Å². The Hall–Kier alpha value is -12.4. The zero-order valence-electron chi connectivity index (χ0n) is 53.0. The standard InChI is InChI=1S/2C38H31N3O8/c1-24-6-15-34-31(20-24)32(42)21-35(48-34)25-7-11-29(12-8-25)47-23-27-22-41(40-39-27)16-17-45-18-19-46-28-13-9-26(10-14-28)38-37(44)36(43)30-4-2-3-5-33(30)49-38;1-24-18-32(43)38-33(44)21-36(49-37(38)19-24)26-8-12-29(13-9-26)47-23-27-22-41(40-39-27)14-15-45-16-17-46-28-10-6-25(7-11-28)35-20-31(42)30-4-2-3-5-34(30)48-35/h2-15,20-22,44H,16-19,23H2,1H3;2-13,18-22,43H,14-17,23H2,1H3. The average Bonchev–Trinajstić information content (AvgIpc) is 0.941. The number of hydrogen-bond acceptors (Lipinski definition) is 20. The number of phenolic OH excluding ortho intramolecular Hbond substituents is 1. The van der Waals surface area contributed by atoms with E-state index < -0.39 is 11.2 Å². The van der Waals surface area contributed by atoms with E-state index in [1.807, 2.05) is 92.7 Å². The number of fused-ring (bicyclic) bond motifs is 4. The van der Waals surface area contributed by atoms with Crippen LogP contribution in [0.2, 0.25) is 0 Å². The second-order valence-corrected chi connectivity index (χ2v) is 22.7. The van der Waals surface area contributed by atoms with Crippen LogP contribution in [-0.4, -0.2) is 79.8 Å². The number of para-hydroxylation sites is 2. The second-order valence-electron chi connectivity index (χ2n) is 22.7. The van der Waals surface area contributed by atoms with Crippen molar-refractivity contribution in [3.05, 3.63) is 270 Å². The predicted molar refractivity (Wildman–Crippen MR) is 366 cm³/mol. The van der Waals surface area contributed by atoms with Crippen LogP contribution in [0.1, 0.15) is 22.5 Å². The van der Waals surface area contributed by atoms with Gasteiger partial charge in [0, 0.05) is 40.5 Å². The molecule has 22 heteroatoms. The van der Waals surface area contributed by atoms with E-state index >= 15 is 0 Å². The molecule has 22 nitrogen and oxygen atoms in total. The molecule has 0 aliphatic rings. The summed E-state index contributed by atoms with van der Waals surface area (Å²) >= 11 is 0. The molecule has 2 N–H and O–H groups in total. The van der Waals surface area contributed by atoms with E-state index in [4.69, 9.17) is 46.1 Å². The van der Waals surface area contributed by atoms with Crippen molar-refractivity contribution in [1.82, 2.24) is 30.0 Å². The summed E-state index contributed by atoms with van der Waals surface area (Å²) in [6, 6.07) is 56.0. The smallest absolute Gasteiger partial charge is 0.235 e. The lowest BCUT2D eigenvalue weighted by molar-refractivity contribution is 0.0923. The molecule has 0 fully saturated rings. The third kappa shape index (κ3) is 15.4. The summed E-state index contributed by atoms with van der Waals surface area (Å²) < 4.78 is 61.6. The van der Waals surface area contributed by atoms with Gasteiger partial charge in [0.05, 0.1) is 68.1 Å². The maximum Gasteiger partial charge on any atom is 0.235 e. The minimum Gasteiger partial charge on any atom is -0.507 e. The van der Waals surface area contributed by atoms with Crippen LogP contribution in [0.4, 0.5) is 0 Å². The third-order valence-corrected chi connectivity index (χ3v) is 15.6. The molecule has 0 bridgehead atoms. The molecule has 14 aromatic rings. The number of hydrogen-bond donors (Lipinski definition) is 2. The SMILES string of the molecule is Cc1cc(O)c2c(=O)cc(-c3ccc(OCc4cn(CCOCCOc5ccc(-c6cc(=O)c7ccccc7o6)cc5)nn4)cc3)oc2c1.Cc1ccc2oc(-c3ccc(OCc4cn(CCOCCOc5ccc(-c6oc7ccccc7c(=O)c6O)cc5)nn4)cc3)cc(=O)c2c1. The highest BCUT2D eigenvalue weighted by molar-refractivity contribution is 5.86. The highest BCUT2D eigenvalue weighted by Gasteiger charge is 2.17. The molecule has 98 heavy (non-hydrogen) atoms. The monoisotopic (exact) mass is 1310 g/mol. The first-order valence-electron chi connectivity index (χ1n) is 31.3. The van der Waals surface area contributed by atoms with E-state index in [1.54, 1.807) is 113 Å². The molecule has 0 amide bonds. The Kier molecular flexibility index (Phi) is 19.4. The molecular weight excluding hydrogens is 1250 g/mol. The topological polar surface area (TPSA) is 278 Å². The van der Waals surface area contributed by atoms with Crippen LogP contribution >= 0.6 is 0 Å². The molecule has 0 spiro atoms. The summed E-state index contributed by atoms with van der Waals surface area (Å²) in [6.45, 7) is 7.56. The van der Waals surface area contributed by atoms with Crippen molar-refractivity contribution in [2.45, 2.75) is 40.2 Å². The molecule has 14 rings (SSSR count). The Morgan fingerprint density at radius 1 is 0.398 bits per heavy atom. The number of aromatic nitrogens is 6. The van der Waals surface area contributed by atoms with Crippen molar-refractivity contribution in [3.8, 4) is 79.8 Å². The first-order chi connectivity index (χ1) is 47.8. The maximum atomic E-state index is 12.6. The largest absolute Gasteiger partial charge is 0.507 e. The van der Waals surface area contributed by atoms with Crippen molar-refractivity contribution < 1.29 is 56.3 Å². The van der Waals surface area contributed by atoms with Crippen LogP contribution < -0.4 is 40.7 Å². The lowest BCUT2D eigenvalue weighted by Crippen LogP contribution is -2.11. The van der Waals surface area contributed by atoms with E-state index in [2.05, 4.69) is 20.6 Å². The van der Waals surface area contributed by atoms with Crippen LogP contribution in [0.15, 0.2) is 243 Å². The predicted octanol–water partition coefficient (Wildman–Crippen LogP) is 13.0. The molecule has 0 saturated carbocycles. The summed E-state index contributed by atoms with van der Waals surface area (Å²) in [5.74, 6) is 3.55. The van der Waals surface area contributed by atoms with Gasteiger partial charge in [-0.3, -0.25) is 19.2 Å². The normalized spacial score (nSPS) is 11.3. The van der Waals surface area contributed by atoms with Gasteiger partial charge in [0.2, 0.25) is 11.2 Å². The van der Waals surface area contributed by atoms with Crippen molar-refractivity contribution in [3.63, 3.8) is 0 Å². The van der Waals surface area contributed by atoms with Gasteiger partial charge in [-0.1, -0.05) is 46.3 Å². The molecule has 0 radical (unpaired) electrons. The second kappa shape index (κ2) is 29.5. The van der Waals surface area contributed by atoms with Crippen molar-refractivity contribution in [2.24, 2.45) is 0 Å². The molecule has 0 saturated heterocycles. The zero-order chi connectivity index (χ0) is 67.5. The molecule has 492 valence electrons. The van der Waals surface area contributed by atoms with Crippen LogP contribution in [-0.2, 0) is 35.8 Å². The van der Waals surface area contributed by atoms with Gasteiger partial charge in [-0.25, -0.2) is 9.36 Å². The van der Waals surface area contributed by atoms with Crippen LogP contribution in [0, 0.1) is 13.8 Å². The zero-order valence-corrected chi connectivity index (χ0v) is 53.0. The Morgan fingerprint density at radius 3 is 1.39 bits per heavy atom. The first kappa shape index (κ1) is 64.3. The van der Waals surface area contributed by atoms with E-state index in [0.29, 0.717) is 154 Å². The number of rotatable bonds is 24. The van der Waals surface area contributed by atoms with Gasteiger partial charge in [-0.15, -0.1) is 10.2 Å². The van der Waals surface area contributed by atoms with E-state index in [9.17, 15) is 29.4 Å². The molecule has 0 atom stereocenters. The molecule has 6 heterocycles. The van der Waals surface area contributed by atoms with Crippen molar-refractivity contribution in [2.75, 3.05) is 39.6 Å². The fourth-order valence-electron chi connectivity index (χ4n) is 10.7. The van der Waals surface area contributed by atoms with Gasteiger partial charge in [-0.05, 0) is 165 Å². The molecule has 0 unspecified atom stereocenters. The van der Waals surface area contributed by atoms with E-state index in [-0.39, 0.29) is 46.4 Å². The summed E-state index contributed by atoms with van der Waals surface area (Å²) in [7, 11) is 0. The first-order valence-corrected chi connectivity index (χ1v) is 31.3. The molecular formula is C76H62N6O16. The quantitative estimate of drug-likeness (QED) is 0.0532. The number of phenols is 1. The number of aromatic hydroxyl groups is 2. The average molecular weight is 1320 g/mol. The Morgan fingerprint density at radius 2 is 0.847 bits per heavy atom. The highest BCUT2D eigenvalue weighted by Crippen LogP contribution is 2.33. The van der Waals surface area contributed by atoms with Crippen LogP contribution in [0.5, 0.6) is 34.5 Å². The summed E-state index contributed by atoms with van der Waals surface area (Å²) in [5.41, 5.74) is 6.85. The van der Waals surface area contributed by atoms with Crippen molar-refractivity contribution in [1.29, 1.82) is 0 Å². The number of ether oxygens (including phenoxy) is 6. The minimum absolute atomic E-state index is 0.0800.